The van der Waals surface area contributed by atoms with Crippen molar-refractivity contribution in [2.75, 3.05) is 6.61 Å². The van der Waals surface area contributed by atoms with Gasteiger partial charge in [-0.05, 0) is 38.3 Å². The Balaban J connectivity index is 2.62. The fourth-order valence-electron chi connectivity index (χ4n) is 1.73. The molecule has 0 heterocycles. The third-order valence-corrected chi connectivity index (χ3v) is 3.41. The molecule has 1 aromatic rings. The number of carbonyl (C=O) groups is 1. The van der Waals surface area contributed by atoms with E-state index in [2.05, 4.69) is 19.2 Å². The van der Waals surface area contributed by atoms with Gasteiger partial charge in [-0.25, -0.2) is 0 Å². The number of hydrogen-bond acceptors (Lipinski definition) is 3. The van der Waals surface area contributed by atoms with E-state index in [0.29, 0.717) is 5.92 Å². The predicted octanol–water partition coefficient (Wildman–Crippen LogP) is 2.46. The number of aliphatic hydroxyl groups excluding tert-OH is 1. The van der Waals surface area contributed by atoms with Gasteiger partial charge in [-0.3, -0.25) is 4.79 Å². The van der Waals surface area contributed by atoms with E-state index in [1.807, 2.05) is 24.3 Å². The molecule has 0 saturated heterocycles. The summed E-state index contributed by atoms with van der Waals surface area (Å²) in [6.07, 6.45) is -0.630. The molecule has 1 rings (SSSR count). The van der Waals surface area contributed by atoms with E-state index < -0.39 is 11.6 Å². The molecule has 0 saturated carbocycles. The first-order chi connectivity index (χ1) is 9.24. The van der Waals surface area contributed by atoms with Crippen molar-refractivity contribution in [2.24, 2.45) is 0 Å². The third kappa shape index (κ3) is 4.53. The lowest BCUT2D eigenvalue weighted by Crippen LogP contribution is -2.52. The van der Waals surface area contributed by atoms with E-state index in [9.17, 15) is 9.90 Å². The molecule has 1 aromatic carbocycles. The Morgan fingerprint density at radius 2 is 1.90 bits per heavy atom. The molecule has 0 spiro atoms. The standard InChI is InChI=1S/C16H25NO3/c1-11(2)13-8-6-7-9-14(13)20-10-15(19)17-16(4,5)12(3)18/h6-9,11-12,18H,10H2,1-5H3,(H,17,19). The van der Waals surface area contributed by atoms with Gasteiger partial charge in [-0.2, -0.15) is 0 Å². The van der Waals surface area contributed by atoms with Gasteiger partial charge in [0.15, 0.2) is 6.61 Å². The van der Waals surface area contributed by atoms with Crippen molar-refractivity contribution in [2.45, 2.75) is 52.2 Å². The normalized spacial score (nSPS) is 13.2. The van der Waals surface area contributed by atoms with Crippen LogP contribution in [-0.2, 0) is 4.79 Å². The maximum absolute atomic E-state index is 11.9. The van der Waals surface area contributed by atoms with Gasteiger partial charge < -0.3 is 15.2 Å². The molecule has 0 fully saturated rings. The van der Waals surface area contributed by atoms with Crippen LogP contribution in [0.4, 0.5) is 0 Å². The van der Waals surface area contributed by atoms with Gasteiger partial charge in [-0.15, -0.1) is 0 Å². The summed E-state index contributed by atoms with van der Waals surface area (Å²) in [5.41, 5.74) is 0.410. The average Bonchev–Trinajstić information content (AvgIpc) is 2.35. The quantitative estimate of drug-likeness (QED) is 0.841. The zero-order valence-corrected chi connectivity index (χ0v) is 12.9. The second-order valence-corrected chi connectivity index (χ2v) is 5.93. The van der Waals surface area contributed by atoms with Gasteiger partial charge in [0.1, 0.15) is 5.75 Å². The lowest BCUT2D eigenvalue weighted by atomic mass is 9.99. The summed E-state index contributed by atoms with van der Waals surface area (Å²) < 4.78 is 5.59. The highest BCUT2D eigenvalue weighted by Gasteiger charge is 2.26. The van der Waals surface area contributed by atoms with Crippen molar-refractivity contribution in [3.63, 3.8) is 0 Å². The van der Waals surface area contributed by atoms with Gasteiger partial charge in [0.2, 0.25) is 0 Å². The zero-order valence-electron chi connectivity index (χ0n) is 12.9. The molecule has 0 aromatic heterocycles. The van der Waals surface area contributed by atoms with Crippen LogP contribution in [0.25, 0.3) is 0 Å². The number of amides is 1. The van der Waals surface area contributed by atoms with Crippen molar-refractivity contribution in [1.82, 2.24) is 5.32 Å². The molecule has 4 nitrogen and oxygen atoms in total. The Kier molecular flexibility index (Phi) is 5.57. The third-order valence-electron chi connectivity index (χ3n) is 3.41. The Bertz CT molecular complexity index is 453. The highest BCUT2D eigenvalue weighted by Crippen LogP contribution is 2.25. The first-order valence-corrected chi connectivity index (χ1v) is 6.95. The summed E-state index contributed by atoms with van der Waals surface area (Å²) in [7, 11) is 0. The summed E-state index contributed by atoms with van der Waals surface area (Å²) in [5.74, 6) is 0.824. The highest BCUT2D eigenvalue weighted by atomic mass is 16.5. The van der Waals surface area contributed by atoms with Crippen molar-refractivity contribution in [1.29, 1.82) is 0 Å². The van der Waals surface area contributed by atoms with Crippen LogP contribution in [0.3, 0.4) is 0 Å². The number of carbonyl (C=O) groups excluding carboxylic acids is 1. The van der Waals surface area contributed by atoms with Crippen molar-refractivity contribution < 1.29 is 14.6 Å². The van der Waals surface area contributed by atoms with E-state index in [1.54, 1.807) is 20.8 Å². The number of para-hydroxylation sites is 1. The number of benzene rings is 1. The summed E-state index contributed by atoms with van der Waals surface area (Å²) in [6, 6.07) is 7.71. The van der Waals surface area contributed by atoms with E-state index in [1.165, 1.54) is 0 Å². The highest BCUT2D eigenvalue weighted by molar-refractivity contribution is 5.78. The first-order valence-electron chi connectivity index (χ1n) is 6.95. The van der Waals surface area contributed by atoms with Crippen LogP contribution >= 0.6 is 0 Å². The number of ether oxygens (including phenoxy) is 1. The second-order valence-electron chi connectivity index (χ2n) is 5.93. The molecule has 0 aliphatic rings. The predicted molar refractivity (Wildman–Crippen MR) is 79.9 cm³/mol. The zero-order chi connectivity index (χ0) is 15.3. The SMILES string of the molecule is CC(C)c1ccccc1OCC(=O)NC(C)(C)C(C)O. The monoisotopic (exact) mass is 279 g/mol. The number of rotatable bonds is 6. The Labute approximate surface area is 121 Å². The molecular formula is C16H25NO3. The lowest BCUT2D eigenvalue weighted by molar-refractivity contribution is -0.126. The van der Waals surface area contributed by atoms with E-state index in [-0.39, 0.29) is 12.5 Å². The summed E-state index contributed by atoms with van der Waals surface area (Å²) in [6.45, 7) is 9.31. The lowest BCUT2D eigenvalue weighted by Gasteiger charge is -2.29. The molecule has 1 unspecified atom stereocenters. The summed E-state index contributed by atoms with van der Waals surface area (Å²) >= 11 is 0. The van der Waals surface area contributed by atoms with E-state index in [4.69, 9.17) is 4.74 Å². The van der Waals surface area contributed by atoms with Crippen LogP contribution in [0.5, 0.6) is 5.75 Å². The maximum atomic E-state index is 11.9. The molecule has 1 atom stereocenters. The fraction of sp³-hybridized carbons (Fsp3) is 0.562. The van der Waals surface area contributed by atoms with Crippen LogP contribution in [0.15, 0.2) is 24.3 Å². The molecule has 4 heteroatoms. The largest absolute Gasteiger partial charge is 0.483 e. The van der Waals surface area contributed by atoms with Crippen LogP contribution in [0, 0.1) is 0 Å². The minimum absolute atomic E-state index is 0.0557. The van der Waals surface area contributed by atoms with Gasteiger partial charge in [-0.1, -0.05) is 32.0 Å². The van der Waals surface area contributed by atoms with Gasteiger partial charge >= 0.3 is 0 Å². The van der Waals surface area contributed by atoms with Crippen molar-refractivity contribution in [3.05, 3.63) is 29.8 Å². The van der Waals surface area contributed by atoms with E-state index >= 15 is 0 Å². The van der Waals surface area contributed by atoms with Gasteiger partial charge in [0, 0.05) is 0 Å². The molecule has 0 aliphatic carbocycles. The minimum Gasteiger partial charge on any atom is -0.483 e. The Morgan fingerprint density at radius 1 is 1.30 bits per heavy atom. The molecule has 0 bridgehead atoms. The van der Waals surface area contributed by atoms with Crippen LogP contribution in [0.2, 0.25) is 0 Å². The van der Waals surface area contributed by atoms with Crippen LogP contribution in [-0.4, -0.2) is 29.3 Å². The number of nitrogens with one attached hydrogen (secondary N) is 1. The smallest absolute Gasteiger partial charge is 0.258 e. The molecule has 0 radical (unpaired) electrons. The molecule has 1 amide bonds. The van der Waals surface area contributed by atoms with Crippen molar-refractivity contribution in [3.8, 4) is 5.75 Å². The molecule has 112 valence electrons. The molecule has 20 heavy (non-hydrogen) atoms. The minimum atomic E-state index is -0.669. The average molecular weight is 279 g/mol. The summed E-state index contributed by atoms with van der Waals surface area (Å²) in [4.78, 5) is 11.9. The van der Waals surface area contributed by atoms with E-state index in [0.717, 1.165) is 11.3 Å². The van der Waals surface area contributed by atoms with Gasteiger partial charge in [0.25, 0.3) is 5.91 Å². The summed E-state index contributed by atoms with van der Waals surface area (Å²) in [5, 5.41) is 12.3. The van der Waals surface area contributed by atoms with Crippen molar-refractivity contribution >= 4 is 5.91 Å². The number of aliphatic hydroxyl groups is 1. The molecule has 0 aliphatic heterocycles. The molecular weight excluding hydrogens is 254 g/mol. The second kappa shape index (κ2) is 6.75. The van der Waals surface area contributed by atoms with Crippen LogP contribution < -0.4 is 10.1 Å². The van der Waals surface area contributed by atoms with Gasteiger partial charge in [0.05, 0.1) is 11.6 Å². The Morgan fingerprint density at radius 3 is 2.45 bits per heavy atom. The van der Waals surface area contributed by atoms with Crippen LogP contribution in [0.1, 0.15) is 46.1 Å². The Hall–Kier alpha value is -1.55. The number of hydrogen-bond donors (Lipinski definition) is 2. The fourth-order valence-corrected chi connectivity index (χ4v) is 1.73. The molecule has 2 N–H and O–H groups in total. The topological polar surface area (TPSA) is 58.6 Å². The first kappa shape index (κ1) is 16.5. The maximum Gasteiger partial charge on any atom is 0.258 e.